The summed E-state index contributed by atoms with van der Waals surface area (Å²) in [6.45, 7) is 2.66. The summed E-state index contributed by atoms with van der Waals surface area (Å²) in [6, 6.07) is 11.2. The van der Waals surface area contributed by atoms with Crippen LogP contribution in [0.3, 0.4) is 0 Å². The van der Waals surface area contributed by atoms with Crippen LogP contribution in [0, 0.1) is 6.92 Å². The number of benzene rings is 2. The van der Waals surface area contributed by atoms with Gasteiger partial charge in [-0.1, -0.05) is 23.2 Å². The SMILES string of the molecule is Cc1ccc(-n2nccn2)c(C(=O)N2CCCC2c2nc3ccc(Cl)cc3[nH]2)c1. The first-order valence-corrected chi connectivity index (χ1v) is 9.91. The molecule has 1 saturated heterocycles. The van der Waals surface area contributed by atoms with Crippen LogP contribution in [0.5, 0.6) is 0 Å². The zero-order valence-electron chi connectivity index (χ0n) is 15.8. The zero-order chi connectivity index (χ0) is 20.0. The van der Waals surface area contributed by atoms with Crippen LogP contribution >= 0.6 is 11.6 Å². The molecule has 4 aromatic rings. The van der Waals surface area contributed by atoms with E-state index >= 15 is 0 Å². The highest BCUT2D eigenvalue weighted by Gasteiger charge is 2.34. The number of imidazole rings is 1. The van der Waals surface area contributed by atoms with E-state index < -0.39 is 0 Å². The highest BCUT2D eigenvalue weighted by molar-refractivity contribution is 6.31. The van der Waals surface area contributed by atoms with Gasteiger partial charge in [0.15, 0.2) is 0 Å². The molecule has 5 rings (SSSR count). The lowest BCUT2D eigenvalue weighted by Gasteiger charge is -2.24. The van der Waals surface area contributed by atoms with E-state index in [0.29, 0.717) is 22.8 Å². The lowest BCUT2D eigenvalue weighted by molar-refractivity contribution is 0.0730. The summed E-state index contributed by atoms with van der Waals surface area (Å²) in [7, 11) is 0. The molecule has 0 spiro atoms. The van der Waals surface area contributed by atoms with Gasteiger partial charge >= 0.3 is 0 Å². The van der Waals surface area contributed by atoms with E-state index in [1.54, 1.807) is 12.4 Å². The molecule has 29 heavy (non-hydrogen) atoms. The first kappa shape index (κ1) is 17.9. The number of aromatic amines is 1. The van der Waals surface area contributed by atoms with Gasteiger partial charge in [0.25, 0.3) is 5.91 Å². The summed E-state index contributed by atoms with van der Waals surface area (Å²) >= 11 is 6.10. The average molecular weight is 407 g/mol. The highest BCUT2D eigenvalue weighted by Crippen LogP contribution is 2.34. The summed E-state index contributed by atoms with van der Waals surface area (Å²) < 4.78 is 0. The molecule has 1 fully saturated rings. The second-order valence-electron chi connectivity index (χ2n) is 7.28. The van der Waals surface area contributed by atoms with E-state index in [9.17, 15) is 4.79 Å². The maximum atomic E-state index is 13.6. The fourth-order valence-corrected chi connectivity index (χ4v) is 4.12. The molecule has 1 atom stereocenters. The Bertz CT molecular complexity index is 1200. The van der Waals surface area contributed by atoms with Crippen LogP contribution in [-0.4, -0.2) is 42.3 Å². The minimum Gasteiger partial charge on any atom is -0.340 e. The quantitative estimate of drug-likeness (QED) is 0.555. The van der Waals surface area contributed by atoms with Crippen molar-refractivity contribution in [1.82, 2.24) is 29.9 Å². The van der Waals surface area contributed by atoms with E-state index in [1.807, 2.05) is 48.2 Å². The van der Waals surface area contributed by atoms with Gasteiger partial charge in [-0.05, 0) is 50.1 Å². The molecule has 146 valence electrons. The van der Waals surface area contributed by atoms with Gasteiger partial charge in [-0.15, -0.1) is 0 Å². The van der Waals surface area contributed by atoms with Crippen molar-refractivity contribution in [2.24, 2.45) is 0 Å². The van der Waals surface area contributed by atoms with E-state index in [0.717, 1.165) is 35.3 Å². The number of amides is 1. The predicted molar refractivity (Wildman–Crippen MR) is 110 cm³/mol. The minimum absolute atomic E-state index is 0.0398. The summed E-state index contributed by atoms with van der Waals surface area (Å²) in [5.74, 6) is 0.751. The van der Waals surface area contributed by atoms with Gasteiger partial charge in [0.2, 0.25) is 0 Å². The molecule has 0 saturated carbocycles. The molecule has 1 N–H and O–H groups in total. The van der Waals surface area contributed by atoms with Gasteiger partial charge in [0.05, 0.1) is 40.7 Å². The van der Waals surface area contributed by atoms with Crippen molar-refractivity contribution in [2.75, 3.05) is 6.54 Å². The monoisotopic (exact) mass is 406 g/mol. The molecule has 0 bridgehead atoms. The number of nitrogens with one attached hydrogen (secondary N) is 1. The Balaban J connectivity index is 1.53. The van der Waals surface area contributed by atoms with Gasteiger partial charge in [-0.3, -0.25) is 4.79 Å². The summed E-state index contributed by atoms with van der Waals surface area (Å²) in [6.07, 6.45) is 4.99. The van der Waals surface area contributed by atoms with Crippen LogP contribution in [-0.2, 0) is 0 Å². The molecule has 1 unspecified atom stereocenters. The number of aromatic nitrogens is 5. The first-order valence-electron chi connectivity index (χ1n) is 9.53. The summed E-state index contributed by atoms with van der Waals surface area (Å²) in [4.78, 5) is 25.0. The third-order valence-electron chi connectivity index (χ3n) is 5.31. The lowest BCUT2D eigenvalue weighted by atomic mass is 10.1. The number of carbonyl (C=O) groups is 1. The molecule has 7 nitrogen and oxygen atoms in total. The zero-order valence-corrected chi connectivity index (χ0v) is 16.6. The molecule has 1 aliphatic heterocycles. The Morgan fingerprint density at radius 2 is 2.00 bits per heavy atom. The fourth-order valence-electron chi connectivity index (χ4n) is 3.94. The van der Waals surface area contributed by atoms with Gasteiger partial charge in [-0.2, -0.15) is 15.0 Å². The molecular weight excluding hydrogens is 388 g/mol. The number of likely N-dealkylation sites (tertiary alicyclic amines) is 1. The first-order chi connectivity index (χ1) is 14.1. The van der Waals surface area contributed by atoms with Crippen molar-refractivity contribution in [2.45, 2.75) is 25.8 Å². The summed E-state index contributed by atoms with van der Waals surface area (Å²) in [5, 5.41) is 9.06. The molecule has 3 heterocycles. The number of aryl methyl sites for hydroxylation is 1. The van der Waals surface area contributed by atoms with Crippen molar-refractivity contribution < 1.29 is 4.79 Å². The van der Waals surface area contributed by atoms with Crippen molar-refractivity contribution >= 4 is 28.5 Å². The topological polar surface area (TPSA) is 79.7 Å². The Labute approximate surface area is 172 Å². The number of nitrogens with zero attached hydrogens (tertiary/aromatic N) is 5. The van der Waals surface area contributed by atoms with Crippen LogP contribution in [0.4, 0.5) is 0 Å². The van der Waals surface area contributed by atoms with Crippen molar-refractivity contribution in [3.05, 3.63) is 70.8 Å². The molecule has 0 aliphatic carbocycles. The van der Waals surface area contributed by atoms with Crippen molar-refractivity contribution in [3.8, 4) is 5.69 Å². The lowest BCUT2D eigenvalue weighted by Crippen LogP contribution is -2.32. The third kappa shape index (κ3) is 3.17. The smallest absolute Gasteiger partial charge is 0.256 e. The van der Waals surface area contributed by atoms with Crippen LogP contribution < -0.4 is 0 Å². The second-order valence-corrected chi connectivity index (χ2v) is 7.72. The maximum absolute atomic E-state index is 13.6. The van der Waals surface area contributed by atoms with Gasteiger partial charge in [-0.25, -0.2) is 4.98 Å². The van der Waals surface area contributed by atoms with Crippen molar-refractivity contribution in [3.63, 3.8) is 0 Å². The highest BCUT2D eigenvalue weighted by atomic mass is 35.5. The van der Waals surface area contributed by atoms with E-state index in [4.69, 9.17) is 16.6 Å². The number of H-pyrrole nitrogens is 1. The number of halogens is 1. The Morgan fingerprint density at radius 3 is 2.83 bits per heavy atom. The molecule has 8 heteroatoms. The largest absolute Gasteiger partial charge is 0.340 e. The van der Waals surface area contributed by atoms with Crippen LogP contribution in [0.25, 0.3) is 16.7 Å². The van der Waals surface area contributed by atoms with Crippen molar-refractivity contribution in [1.29, 1.82) is 0 Å². The molecule has 2 aromatic heterocycles. The van der Waals surface area contributed by atoms with Crippen LogP contribution in [0.2, 0.25) is 5.02 Å². The Kier molecular flexibility index (Phi) is 4.32. The number of rotatable bonds is 3. The van der Waals surface area contributed by atoms with E-state index in [-0.39, 0.29) is 11.9 Å². The molecule has 1 aliphatic rings. The Morgan fingerprint density at radius 1 is 1.17 bits per heavy atom. The fraction of sp³-hybridized carbons (Fsp3) is 0.238. The normalized spacial score (nSPS) is 16.6. The molecular formula is C21H19ClN6O. The van der Waals surface area contributed by atoms with E-state index in [2.05, 4.69) is 15.2 Å². The maximum Gasteiger partial charge on any atom is 0.256 e. The van der Waals surface area contributed by atoms with Crippen LogP contribution in [0.15, 0.2) is 48.8 Å². The number of hydrogen-bond acceptors (Lipinski definition) is 4. The van der Waals surface area contributed by atoms with Crippen LogP contribution in [0.1, 0.15) is 40.6 Å². The molecule has 0 radical (unpaired) electrons. The average Bonchev–Trinajstić information content (AvgIpc) is 3.46. The number of hydrogen-bond donors (Lipinski definition) is 1. The van der Waals surface area contributed by atoms with Gasteiger partial charge in [0, 0.05) is 11.6 Å². The molecule has 2 aromatic carbocycles. The second kappa shape index (κ2) is 7.00. The predicted octanol–water partition coefficient (Wildman–Crippen LogP) is 4.08. The Hall–Kier alpha value is -3.19. The van der Waals surface area contributed by atoms with Gasteiger partial charge < -0.3 is 9.88 Å². The standard InChI is InChI=1S/C21H19ClN6O/c1-13-4-7-18(28-23-8-9-24-28)15(11-13)21(29)27-10-2-3-19(27)20-25-16-6-5-14(22)12-17(16)26-20/h4-9,11-12,19H,2-3,10H2,1H3,(H,25,26). The number of fused-ring (bicyclic) bond motifs is 1. The van der Waals surface area contributed by atoms with Gasteiger partial charge in [0.1, 0.15) is 5.82 Å². The summed E-state index contributed by atoms with van der Waals surface area (Å²) in [5.41, 5.74) is 4.00. The number of carbonyl (C=O) groups excluding carboxylic acids is 1. The third-order valence-corrected chi connectivity index (χ3v) is 5.54. The minimum atomic E-state index is -0.104. The molecule has 1 amide bonds. The van der Waals surface area contributed by atoms with E-state index in [1.165, 1.54) is 4.80 Å².